The molecule has 0 atom stereocenters. The van der Waals surface area contributed by atoms with Crippen LogP contribution in [0.5, 0.6) is 0 Å². The lowest BCUT2D eigenvalue weighted by molar-refractivity contribution is 0.350. The van der Waals surface area contributed by atoms with E-state index < -0.39 is 0 Å². The Labute approximate surface area is 106 Å². The Morgan fingerprint density at radius 2 is 2.31 bits per heavy atom. The zero-order valence-corrected chi connectivity index (χ0v) is 10.8. The van der Waals surface area contributed by atoms with E-state index in [4.69, 9.17) is 5.11 Å². The fourth-order valence-electron chi connectivity index (χ4n) is 1.11. The predicted octanol–water partition coefficient (Wildman–Crippen LogP) is 2.84. The highest BCUT2D eigenvalue weighted by atomic mass is 32.2. The molecule has 0 unspecified atom stereocenters. The van der Waals surface area contributed by atoms with Crippen molar-refractivity contribution in [3.05, 3.63) is 33.5 Å². The summed E-state index contributed by atoms with van der Waals surface area (Å²) < 4.78 is 1.08. The van der Waals surface area contributed by atoms with Crippen LogP contribution in [-0.2, 0) is 5.75 Å². The van der Waals surface area contributed by atoms with Crippen LogP contribution in [0.4, 0.5) is 0 Å². The van der Waals surface area contributed by atoms with Crippen molar-refractivity contribution in [2.75, 3.05) is 6.61 Å². The fraction of sp³-hybridized carbons (Fsp3) is 0.182. The lowest BCUT2D eigenvalue weighted by atomic mass is 10.3. The summed E-state index contributed by atoms with van der Waals surface area (Å²) in [4.78, 5) is 5.45. The summed E-state index contributed by atoms with van der Waals surface area (Å²) in [6.45, 7) is -0.0884. The predicted molar refractivity (Wildman–Crippen MR) is 70.0 cm³/mol. The molecule has 2 rings (SSSR count). The van der Waals surface area contributed by atoms with Crippen LogP contribution in [0.25, 0.3) is 0 Å². The van der Waals surface area contributed by atoms with E-state index in [-0.39, 0.29) is 6.61 Å². The standard InChI is InChI=1S/C11H9NOS3/c13-5-1-2-9-3-6-14-10(9)8-16-11-12-4-7-15-11/h3-4,6-7,13H,5,8H2. The van der Waals surface area contributed by atoms with Gasteiger partial charge in [0, 0.05) is 27.8 Å². The third kappa shape index (κ3) is 3.09. The number of thiazole rings is 1. The van der Waals surface area contributed by atoms with Crippen LogP contribution < -0.4 is 0 Å². The fourth-order valence-corrected chi connectivity index (χ4v) is 3.69. The van der Waals surface area contributed by atoms with Crippen LogP contribution in [-0.4, -0.2) is 16.7 Å². The van der Waals surface area contributed by atoms with E-state index in [1.807, 2.05) is 23.0 Å². The second-order valence-electron chi connectivity index (χ2n) is 2.80. The van der Waals surface area contributed by atoms with Crippen LogP contribution in [0, 0.1) is 11.8 Å². The molecule has 2 aromatic rings. The molecule has 0 aliphatic heterocycles. The highest BCUT2D eigenvalue weighted by molar-refractivity contribution is 8.00. The SMILES string of the molecule is OCC#Cc1ccsc1CSc1nccs1. The van der Waals surface area contributed by atoms with Gasteiger partial charge < -0.3 is 5.11 Å². The quantitative estimate of drug-likeness (QED) is 0.686. The third-order valence-electron chi connectivity index (χ3n) is 1.78. The van der Waals surface area contributed by atoms with Gasteiger partial charge in [-0.3, -0.25) is 0 Å². The minimum Gasteiger partial charge on any atom is -0.384 e. The zero-order chi connectivity index (χ0) is 11.2. The molecule has 5 heteroatoms. The summed E-state index contributed by atoms with van der Waals surface area (Å²) >= 11 is 5.06. The van der Waals surface area contributed by atoms with E-state index in [1.54, 1.807) is 34.4 Å². The maximum Gasteiger partial charge on any atom is 0.150 e. The summed E-state index contributed by atoms with van der Waals surface area (Å²) in [6.07, 6.45) is 1.81. The molecule has 2 heterocycles. The van der Waals surface area contributed by atoms with Gasteiger partial charge in [-0.25, -0.2) is 4.98 Å². The van der Waals surface area contributed by atoms with Crippen LogP contribution in [0.1, 0.15) is 10.4 Å². The molecular formula is C11H9NOS3. The molecule has 2 aromatic heterocycles. The first-order valence-electron chi connectivity index (χ1n) is 4.58. The topological polar surface area (TPSA) is 33.1 Å². The minimum atomic E-state index is -0.0884. The molecular weight excluding hydrogens is 258 g/mol. The van der Waals surface area contributed by atoms with Crippen LogP contribution in [0.2, 0.25) is 0 Å². The van der Waals surface area contributed by atoms with Crippen molar-refractivity contribution in [2.45, 2.75) is 10.1 Å². The van der Waals surface area contributed by atoms with Gasteiger partial charge in [-0.05, 0) is 11.4 Å². The van der Waals surface area contributed by atoms with Crippen LogP contribution >= 0.6 is 34.4 Å². The van der Waals surface area contributed by atoms with Gasteiger partial charge in [-0.15, -0.1) is 22.7 Å². The van der Waals surface area contributed by atoms with Gasteiger partial charge in [0.1, 0.15) is 10.9 Å². The molecule has 0 aliphatic rings. The van der Waals surface area contributed by atoms with Gasteiger partial charge in [0.05, 0.1) is 0 Å². The number of aliphatic hydroxyl groups is 1. The Morgan fingerprint density at radius 1 is 1.38 bits per heavy atom. The molecule has 82 valence electrons. The second kappa shape index (κ2) is 6.06. The smallest absolute Gasteiger partial charge is 0.150 e. The number of rotatable bonds is 3. The Balaban J connectivity index is 2.01. The van der Waals surface area contributed by atoms with Gasteiger partial charge in [0.25, 0.3) is 0 Å². The zero-order valence-electron chi connectivity index (χ0n) is 8.34. The number of hydrogen-bond acceptors (Lipinski definition) is 5. The lowest BCUT2D eigenvalue weighted by Crippen LogP contribution is -1.80. The van der Waals surface area contributed by atoms with Gasteiger partial charge >= 0.3 is 0 Å². The summed E-state index contributed by atoms with van der Waals surface area (Å²) in [5.41, 5.74) is 1.02. The average Bonchev–Trinajstić information content (AvgIpc) is 2.94. The number of aromatic nitrogens is 1. The molecule has 0 amide bonds. The largest absolute Gasteiger partial charge is 0.384 e. The molecule has 2 nitrogen and oxygen atoms in total. The maximum atomic E-state index is 8.65. The lowest BCUT2D eigenvalue weighted by Gasteiger charge is -1.95. The van der Waals surface area contributed by atoms with Crippen molar-refractivity contribution in [3.63, 3.8) is 0 Å². The molecule has 0 bridgehead atoms. The van der Waals surface area contributed by atoms with Crippen molar-refractivity contribution in [2.24, 2.45) is 0 Å². The Kier molecular flexibility index (Phi) is 4.43. The molecule has 0 aromatic carbocycles. The second-order valence-corrected chi connectivity index (χ2v) is 5.92. The van der Waals surface area contributed by atoms with E-state index in [0.717, 1.165) is 15.7 Å². The van der Waals surface area contributed by atoms with Crippen molar-refractivity contribution in [1.29, 1.82) is 0 Å². The molecule has 16 heavy (non-hydrogen) atoms. The Morgan fingerprint density at radius 3 is 3.06 bits per heavy atom. The molecule has 0 fully saturated rings. The summed E-state index contributed by atoms with van der Waals surface area (Å²) in [5, 5.41) is 12.7. The van der Waals surface area contributed by atoms with E-state index in [1.165, 1.54) is 4.88 Å². The molecule has 0 spiro atoms. The van der Waals surface area contributed by atoms with Crippen molar-refractivity contribution >= 4 is 34.4 Å². The van der Waals surface area contributed by atoms with Crippen LogP contribution in [0.15, 0.2) is 27.4 Å². The first-order valence-corrected chi connectivity index (χ1v) is 7.33. The number of hydrogen-bond donors (Lipinski definition) is 1. The van der Waals surface area contributed by atoms with Gasteiger partial charge in [0.15, 0.2) is 0 Å². The first-order chi connectivity index (χ1) is 7.90. The van der Waals surface area contributed by atoms with Crippen molar-refractivity contribution in [3.8, 4) is 11.8 Å². The normalized spacial score (nSPS) is 9.81. The first kappa shape index (κ1) is 11.7. The number of nitrogens with zero attached hydrogens (tertiary/aromatic N) is 1. The van der Waals surface area contributed by atoms with Gasteiger partial charge in [-0.2, -0.15) is 0 Å². The Hall–Kier alpha value is -0.800. The summed E-state index contributed by atoms with van der Waals surface area (Å²) in [7, 11) is 0. The number of aliphatic hydroxyl groups excluding tert-OH is 1. The van der Waals surface area contributed by atoms with E-state index in [0.29, 0.717) is 0 Å². The third-order valence-corrected chi connectivity index (χ3v) is 4.88. The maximum absolute atomic E-state index is 8.65. The summed E-state index contributed by atoms with van der Waals surface area (Å²) in [5.74, 6) is 6.52. The molecule has 0 saturated heterocycles. The van der Waals surface area contributed by atoms with Gasteiger partial charge in [-0.1, -0.05) is 23.6 Å². The highest BCUT2D eigenvalue weighted by Gasteiger charge is 2.04. The minimum absolute atomic E-state index is 0.0884. The Bertz CT molecular complexity index is 493. The number of thiophene rings is 1. The van der Waals surface area contributed by atoms with E-state index in [2.05, 4.69) is 16.8 Å². The monoisotopic (exact) mass is 267 g/mol. The van der Waals surface area contributed by atoms with E-state index >= 15 is 0 Å². The molecule has 1 N–H and O–H groups in total. The summed E-state index contributed by atoms with van der Waals surface area (Å²) in [6, 6.07) is 1.99. The van der Waals surface area contributed by atoms with Crippen LogP contribution in [0.3, 0.4) is 0 Å². The average molecular weight is 267 g/mol. The number of thioether (sulfide) groups is 1. The van der Waals surface area contributed by atoms with Crippen molar-refractivity contribution < 1.29 is 5.11 Å². The molecule has 0 saturated carbocycles. The molecule has 0 radical (unpaired) electrons. The van der Waals surface area contributed by atoms with Crippen molar-refractivity contribution in [1.82, 2.24) is 4.98 Å². The highest BCUT2D eigenvalue weighted by Crippen LogP contribution is 2.28. The molecule has 0 aliphatic carbocycles. The van der Waals surface area contributed by atoms with E-state index in [9.17, 15) is 0 Å². The van der Waals surface area contributed by atoms with Gasteiger partial charge in [0.2, 0.25) is 0 Å².